The SMILES string of the molecule is CCCCCc1c(O)cccc1C(C)C. The van der Waals surface area contributed by atoms with E-state index >= 15 is 0 Å². The van der Waals surface area contributed by atoms with Gasteiger partial charge in [-0.05, 0) is 36.0 Å². The standard InChI is InChI=1S/C14H22O/c1-4-5-6-8-13-12(11(2)3)9-7-10-14(13)15/h7,9-11,15H,4-6,8H2,1-3H3. The van der Waals surface area contributed by atoms with E-state index in [0.717, 1.165) is 12.0 Å². The summed E-state index contributed by atoms with van der Waals surface area (Å²) in [5.74, 6) is 0.964. The molecule has 0 aliphatic carbocycles. The maximum absolute atomic E-state index is 9.84. The smallest absolute Gasteiger partial charge is 0.119 e. The van der Waals surface area contributed by atoms with Crippen molar-refractivity contribution in [3.8, 4) is 5.75 Å². The van der Waals surface area contributed by atoms with E-state index < -0.39 is 0 Å². The largest absolute Gasteiger partial charge is 0.508 e. The van der Waals surface area contributed by atoms with Crippen molar-refractivity contribution in [3.63, 3.8) is 0 Å². The van der Waals surface area contributed by atoms with E-state index in [2.05, 4.69) is 26.8 Å². The molecule has 0 saturated carbocycles. The van der Waals surface area contributed by atoms with Crippen molar-refractivity contribution in [2.75, 3.05) is 0 Å². The molecule has 0 radical (unpaired) electrons. The van der Waals surface area contributed by atoms with Crippen LogP contribution in [0.5, 0.6) is 5.75 Å². The Kier molecular flexibility index (Phi) is 4.67. The van der Waals surface area contributed by atoms with Crippen molar-refractivity contribution in [3.05, 3.63) is 29.3 Å². The van der Waals surface area contributed by atoms with Gasteiger partial charge in [-0.3, -0.25) is 0 Å². The molecule has 0 saturated heterocycles. The zero-order valence-electron chi connectivity index (χ0n) is 10.1. The second-order valence-electron chi connectivity index (χ2n) is 4.46. The van der Waals surface area contributed by atoms with Crippen LogP contribution in [0.3, 0.4) is 0 Å². The lowest BCUT2D eigenvalue weighted by atomic mass is 9.93. The second-order valence-corrected chi connectivity index (χ2v) is 4.46. The summed E-state index contributed by atoms with van der Waals surface area (Å²) in [6.45, 7) is 6.56. The van der Waals surface area contributed by atoms with Crippen molar-refractivity contribution in [2.24, 2.45) is 0 Å². The maximum Gasteiger partial charge on any atom is 0.119 e. The van der Waals surface area contributed by atoms with Gasteiger partial charge in [0, 0.05) is 0 Å². The van der Waals surface area contributed by atoms with Crippen LogP contribution in [0.4, 0.5) is 0 Å². The molecule has 0 bridgehead atoms. The molecule has 0 aliphatic heterocycles. The van der Waals surface area contributed by atoms with Gasteiger partial charge in [0.1, 0.15) is 5.75 Å². The highest BCUT2D eigenvalue weighted by Gasteiger charge is 2.09. The van der Waals surface area contributed by atoms with Crippen LogP contribution < -0.4 is 0 Å². The number of rotatable bonds is 5. The summed E-state index contributed by atoms with van der Waals surface area (Å²) in [6, 6.07) is 5.87. The van der Waals surface area contributed by atoms with E-state index in [-0.39, 0.29) is 0 Å². The molecule has 0 fully saturated rings. The first-order chi connectivity index (χ1) is 7.16. The van der Waals surface area contributed by atoms with Crippen LogP contribution in [-0.4, -0.2) is 5.11 Å². The Labute approximate surface area is 93.1 Å². The van der Waals surface area contributed by atoms with E-state index in [9.17, 15) is 5.11 Å². The molecule has 84 valence electrons. The van der Waals surface area contributed by atoms with E-state index in [1.165, 1.54) is 24.8 Å². The number of hydrogen-bond donors (Lipinski definition) is 1. The average Bonchev–Trinajstić information content (AvgIpc) is 2.20. The number of aromatic hydroxyl groups is 1. The zero-order chi connectivity index (χ0) is 11.3. The van der Waals surface area contributed by atoms with Gasteiger partial charge in [0.2, 0.25) is 0 Å². The summed E-state index contributed by atoms with van der Waals surface area (Å²) < 4.78 is 0. The molecule has 0 atom stereocenters. The Morgan fingerprint density at radius 3 is 2.53 bits per heavy atom. The fraction of sp³-hybridized carbons (Fsp3) is 0.571. The molecular weight excluding hydrogens is 184 g/mol. The molecule has 15 heavy (non-hydrogen) atoms. The van der Waals surface area contributed by atoms with Gasteiger partial charge >= 0.3 is 0 Å². The zero-order valence-corrected chi connectivity index (χ0v) is 10.1. The van der Waals surface area contributed by atoms with Gasteiger partial charge in [0.05, 0.1) is 0 Å². The van der Waals surface area contributed by atoms with Crippen LogP contribution in [-0.2, 0) is 6.42 Å². The van der Waals surface area contributed by atoms with E-state index in [0.29, 0.717) is 11.7 Å². The van der Waals surface area contributed by atoms with Gasteiger partial charge in [-0.25, -0.2) is 0 Å². The number of benzene rings is 1. The van der Waals surface area contributed by atoms with Crippen LogP contribution in [0.25, 0.3) is 0 Å². The van der Waals surface area contributed by atoms with Crippen LogP contribution in [0, 0.1) is 0 Å². The summed E-state index contributed by atoms with van der Waals surface area (Å²) in [4.78, 5) is 0. The monoisotopic (exact) mass is 206 g/mol. The third-order valence-electron chi connectivity index (χ3n) is 2.84. The minimum Gasteiger partial charge on any atom is -0.508 e. The van der Waals surface area contributed by atoms with Crippen LogP contribution >= 0.6 is 0 Å². The first-order valence-corrected chi connectivity index (χ1v) is 5.97. The molecule has 0 aromatic heterocycles. The summed E-state index contributed by atoms with van der Waals surface area (Å²) in [5, 5.41) is 9.84. The van der Waals surface area contributed by atoms with Gasteiger partial charge in [0.15, 0.2) is 0 Å². The van der Waals surface area contributed by atoms with Crippen LogP contribution in [0.15, 0.2) is 18.2 Å². The van der Waals surface area contributed by atoms with Gasteiger partial charge in [-0.1, -0.05) is 45.7 Å². The molecule has 1 nitrogen and oxygen atoms in total. The fourth-order valence-electron chi connectivity index (χ4n) is 1.96. The van der Waals surface area contributed by atoms with Gasteiger partial charge in [-0.2, -0.15) is 0 Å². The lowest BCUT2D eigenvalue weighted by molar-refractivity contribution is 0.464. The Balaban J connectivity index is 2.82. The first kappa shape index (κ1) is 12.1. The van der Waals surface area contributed by atoms with E-state index in [1.807, 2.05) is 6.07 Å². The molecule has 0 unspecified atom stereocenters. The quantitative estimate of drug-likeness (QED) is 0.714. The molecule has 0 heterocycles. The third-order valence-corrected chi connectivity index (χ3v) is 2.84. The Bertz CT molecular complexity index is 302. The molecule has 1 aromatic rings. The van der Waals surface area contributed by atoms with Gasteiger partial charge in [-0.15, -0.1) is 0 Å². The second kappa shape index (κ2) is 5.79. The summed E-state index contributed by atoms with van der Waals surface area (Å²) >= 11 is 0. The molecule has 0 amide bonds. The lowest BCUT2D eigenvalue weighted by Crippen LogP contribution is -1.97. The number of phenolic OH excluding ortho intramolecular Hbond substituents is 1. The summed E-state index contributed by atoms with van der Waals surface area (Å²) in [5.41, 5.74) is 2.45. The Morgan fingerprint density at radius 1 is 1.20 bits per heavy atom. The minimum absolute atomic E-state index is 0.470. The Hall–Kier alpha value is -0.980. The highest BCUT2D eigenvalue weighted by molar-refractivity contribution is 5.40. The van der Waals surface area contributed by atoms with Gasteiger partial charge < -0.3 is 5.11 Å². The van der Waals surface area contributed by atoms with Gasteiger partial charge in [0.25, 0.3) is 0 Å². The highest BCUT2D eigenvalue weighted by Crippen LogP contribution is 2.28. The average molecular weight is 206 g/mol. The minimum atomic E-state index is 0.470. The maximum atomic E-state index is 9.84. The third kappa shape index (κ3) is 3.26. The fourth-order valence-corrected chi connectivity index (χ4v) is 1.96. The lowest BCUT2D eigenvalue weighted by Gasteiger charge is -2.14. The summed E-state index contributed by atoms with van der Waals surface area (Å²) in [6.07, 6.45) is 4.65. The summed E-state index contributed by atoms with van der Waals surface area (Å²) in [7, 11) is 0. The van der Waals surface area contributed by atoms with Crippen LogP contribution in [0.2, 0.25) is 0 Å². The number of hydrogen-bond acceptors (Lipinski definition) is 1. The molecule has 0 spiro atoms. The Morgan fingerprint density at radius 2 is 1.93 bits per heavy atom. The van der Waals surface area contributed by atoms with Crippen molar-refractivity contribution < 1.29 is 5.11 Å². The molecule has 1 aromatic carbocycles. The molecule has 1 heteroatoms. The van der Waals surface area contributed by atoms with Crippen LogP contribution in [0.1, 0.15) is 57.1 Å². The predicted molar refractivity (Wildman–Crippen MR) is 65.4 cm³/mol. The topological polar surface area (TPSA) is 20.2 Å². The van der Waals surface area contributed by atoms with Crippen molar-refractivity contribution >= 4 is 0 Å². The van der Waals surface area contributed by atoms with E-state index in [1.54, 1.807) is 6.07 Å². The molecular formula is C14H22O. The highest BCUT2D eigenvalue weighted by atomic mass is 16.3. The predicted octanol–water partition coefficient (Wildman–Crippen LogP) is 4.25. The first-order valence-electron chi connectivity index (χ1n) is 5.97. The molecule has 0 aliphatic rings. The molecule has 1 N–H and O–H groups in total. The van der Waals surface area contributed by atoms with E-state index in [4.69, 9.17) is 0 Å². The van der Waals surface area contributed by atoms with Crippen molar-refractivity contribution in [1.29, 1.82) is 0 Å². The number of phenols is 1. The molecule has 1 rings (SSSR count). The van der Waals surface area contributed by atoms with Crippen molar-refractivity contribution in [2.45, 2.75) is 52.4 Å². The number of unbranched alkanes of at least 4 members (excludes halogenated alkanes) is 2. The van der Waals surface area contributed by atoms with Crippen molar-refractivity contribution in [1.82, 2.24) is 0 Å². The normalized spacial score (nSPS) is 10.9.